The monoisotopic (exact) mass is 731 g/mol. The number of ether oxygens (including phenoxy) is 1. The fourth-order valence-electron chi connectivity index (χ4n) is 4.95. The van der Waals surface area contributed by atoms with Gasteiger partial charge < -0.3 is 20.3 Å². The van der Waals surface area contributed by atoms with Crippen molar-refractivity contribution in [2.45, 2.75) is 78.9 Å². The standard InChI is InChI=1S/C35H48F2N7O6P/c1-8-17-44(19-21-48-51(46,49-34(2,3)4)50-35(5,6)7)18-12-20-47-33-39-27-15-10-9-13-25(27)32(41-33)40-29-22-24(42-43-29)23-30(45)38-28-16-11-14-26(36)31(28)37/h9-11,13-16,22H,8,12,17-21,23H2,1-7H3,(H,38,45)(H2,39,40,41,42,43). The summed E-state index contributed by atoms with van der Waals surface area (Å²) in [5.74, 6) is -1.90. The first kappa shape index (κ1) is 39.8. The number of anilines is 3. The van der Waals surface area contributed by atoms with Crippen LogP contribution in [0.4, 0.5) is 26.1 Å². The van der Waals surface area contributed by atoms with Gasteiger partial charge in [-0.2, -0.15) is 15.1 Å². The lowest BCUT2D eigenvalue weighted by Crippen LogP contribution is -2.31. The molecule has 0 aliphatic heterocycles. The quantitative estimate of drug-likeness (QED) is 0.0679. The number of rotatable bonds is 18. The van der Waals surface area contributed by atoms with Crippen LogP contribution in [-0.2, 0) is 29.4 Å². The van der Waals surface area contributed by atoms with Crippen molar-refractivity contribution in [2.75, 3.05) is 43.5 Å². The third kappa shape index (κ3) is 12.9. The van der Waals surface area contributed by atoms with E-state index in [-0.39, 0.29) is 24.7 Å². The van der Waals surface area contributed by atoms with Crippen LogP contribution in [0.2, 0.25) is 0 Å². The van der Waals surface area contributed by atoms with Gasteiger partial charge >= 0.3 is 13.8 Å². The first-order chi connectivity index (χ1) is 24.0. The first-order valence-electron chi connectivity index (χ1n) is 16.9. The maximum atomic E-state index is 14.0. The van der Waals surface area contributed by atoms with Crippen LogP contribution in [-0.4, -0.2) is 75.0 Å². The van der Waals surface area contributed by atoms with Gasteiger partial charge in [0.2, 0.25) is 5.91 Å². The van der Waals surface area contributed by atoms with Gasteiger partial charge in [0.1, 0.15) is 5.82 Å². The summed E-state index contributed by atoms with van der Waals surface area (Å²) < 4.78 is 64.0. The SMILES string of the molecule is CCCN(CCCOc1nc(Nc2cc(CC(=O)Nc3cccc(F)c3F)[nH]n2)c2ccccc2n1)CCOP(=O)(OC(C)(C)C)OC(C)(C)C. The van der Waals surface area contributed by atoms with E-state index in [9.17, 15) is 18.1 Å². The molecule has 51 heavy (non-hydrogen) atoms. The van der Waals surface area contributed by atoms with Gasteiger partial charge in [-0.3, -0.25) is 23.5 Å². The van der Waals surface area contributed by atoms with Crippen LogP contribution in [0.5, 0.6) is 6.01 Å². The molecule has 0 saturated heterocycles. The predicted octanol–water partition coefficient (Wildman–Crippen LogP) is 7.79. The van der Waals surface area contributed by atoms with E-state index in [1.165, 1.54) is 12.1 Å². The summed E-state index contributed by atoms with van der Waals surface area (Å²) in [5.41, 5.74) is -0.577. The summed E-state index contributed by atoms with van der Waals surface area (Å²) >= 11 is 0. The van der Waals surface area contributed by atoms with E-state index in [0.29, 0.717) is 49.0 Å². The zero-order chi connectivity index (χ0) is 37.2. The number of amides is 1. The van der Waals surface area contributed by atoms with Crippen molar-refractivity contribution in [1.82, 2.24) is 25.1 Å². The number of phosphoric acid groups is 1. The highest BCUT2D eigenvalue weighted by molar-refractivity contribution is 7.48. The van der Waals surface area contributed by atoms with Crippen molar-refractivity contribution in [3.8, 4) is 6.01 Å². The number of H-pyrrole nitrogens is 1. The first-order valence-corrected chi connectivity index (χ1v) is 18.3. The largest absolute Gasteiger partial charge is 0.475 e. The Morgan fingerprint density at radius 2 is 1.67 bits per heavy atom. The van der Waals surface area contributed by atoms with E-state index >= 15 is 0 Å². The number of aromatic amines is 1. The molecule has 1 amide bonds. The molecular formula is C35H48F2N7O6P. The Kier molecular flexibility index (Phi) is 13.6. The van der Waals surface area contributed by atoms with Gasteiger partial charge in [-0.25, -0.2) is 13.3 Å². The van der Waals surface area contributed by atoms with Crippen LogP contribution in [0.3, 0.4) is 0 Å². The van der Waals surface area contributed by atoms with Crippen molar-refractivity contribution in [2.24, 2.45) is 0 Å². The molecule has 0 spiro atoms. The number of phosphoric ester groups is 1. The molecule has 2 heterocycles. The van der Waals surface area contributed by atoms with Crippen LogP contribution >= 0.6 is 7.82 Å². The molecule has 0 aliphatic rings. The summed E-state index contributed by atoms with van der Waals surface area (Å²) in [5, 5.41) is 13.3. The van der Waals surface area contributed by atoms with Crippen LogP contribution in [0.1, 0.15) is 67.0 Å². The van der Waals surface area contributed by atoms with E-state index in [4.69, 9.17) is 18.3 Å². The number of carbonyl (C=O) groups is 1. The fourth-order valence-corrected chi connectivity index (χ4v) is 6.74. The summed E-state index contributed by atoms with van der Waals surface area (Å²) in [6.45, 7) is 15.4. The number of nitrogens with one attached hydrogen (secondary N) is 3. The van der Waals surface area contributed by atoms with E-state index in [1.54, 1.807) is 47.6 Å². The molecule has 0 aliphatic carbocycles. The number of halogens is 2. The molecule has 278 valence electrons. The Bertz CT molecular complexity index is 1790. The Labute approximate surface area is 297 Å². The number of carbonyl (C=O) groups excluding carboxylic acids is 1. The minimum Gasteiger partial charge on any atom is -0.463 e. The van der Waals surface area contributed by atoms with Gasteiger partial charge in [0.05, 0.1) is 42.0 Å². The molecule has 16 heteroatoms. The molecule has 0 unspecified atom stereocenters. The maximum absolute atomic E-state index is 14.0. The topological polar surface area (TPSA) is 153 Å². The third-order valence-corrected chi connectivity index (χ3v) is 8.90. The molecule has 0 bridgehead atoms. The molecule has 2 aromatic heterocycles. The predicted molar refractivity (Wildman–Crippen MR) is 192 cm³/mol. The van der Waals surface area contributed by atoms with E-state index in [0.717, 1.165) is 24.4 Å². The average Bonchev–Trinajstić information content (AvgIpc) is 3.45. The number of hydrogen-bond acceptors (Lipinski definition) is 11. The number of para-hydroxylation sites is 1. The lowest BCUT2D eigenvalue weighted by atomic mass is 10.2. The number of hydrogen-bond donors (Lipinski definition) is 3. The number of benzene rings is 2. The Morgan fingerprint density at radius 3 is 2.37 bits per heavy atom. The van der Waals surface area contributed by atoms with Crippen molar-refractivity contribution >= 4 is 42.0 Å². The summed E-state index contributed by atoms with van der Waals surface area (Å²) in [6, 6.07) is 12.8. The smallest absolute Gasteiger partial charge is 0.463 e. The van der Waals surface area contributed by atoms with Crippen LogP contribution in [0.15, 0.2) is 48.5 Å². The van der Waals surface area contributed by atoms with Gasteiger partial charge in [-0.05, 0) is 85.2 Å². The van der Waals surface area contributed by atoms with Gasteiger partial charge in [0.25, 0.3) is 0 Å². The molecule has 0 fully saturated rings. The van der Waals surface area contributed by atoms with Crippen molar-refractivity contribution in [3.63, 3.8) is 0 Å². The molecule has 2 aromatic carbocycles. The zero-order valence-corrected chi connectivity index (χ0v) is 31.1. The van der Waals surface area contributed by atoms with Gasteiger partial charge in [0, 0.05) is 30.2 Å². The fraction of sp³-hybridized carbons (Fsp3) is 0.486. The zero-order valence-electron chi connectivity index (χ0n) is 30.2. The highest BCUT2D eigenvalue weighted by Gasteiger charge is 2.37. The maximum Gasteiger partial charge on any atom is 0.475 e. The van der Waals surface area contributed by atoms with Crippen LogP contribution in [0.25, 0.3) is 10.9 Å². The highest BCUT2D eigenvalue weighted by Crippen LogP contribution is 2.55. The van der Waals surface area contributed by atoms with E-state index in [1.807, 2.05) is 24.3 Å². The number of nitrogens with zero attached hydrogens (tertiary/aromatic N) is 4. The second-order valence-corrected chi connectivity index (χ2v) is 15.4. The molecule has 13 nitrogen and oxygen atoms in total. The Hall–Kier alpha value is -4.01. The lowest BCUT2D eigenvalue weighted by Gasteiger charge is -2.31. The van der Waals surface area contributed by atoms with E-state index < -0.39 is 36.6 Å². The summed E-state index contributed by atoms with van der Waals surface area (Å²) in [7, 11) is -3.80. The second kappa shape index (κ2) is 17.5. The van der Waals surface area contributed by atoms with Gasteiger partial charge in [-0.1, -0.05) is 25.1 Å². The van der Waals surface area contributed by atoms with E-state index in [2.05, 4.69) is 42.6 Å². The van der Waals surface area contributed by atoms with Crippen molar-refractivity contribution < 1.29 is 36.4 Å². The minimum atomic E-state index is -3.80. The lowest BCUT2D eigenvalue weighted by molar-refractivity contribution is -0.115. The molecule has 0 radical (unpaired) electrons. The Balaban J connectivity index is 1.33. The summed E-state index contributed by atoms with van der Waals surface area (Å²) in [6.07, 6.45) is 1.43. The second-order valence-electron chi connectivity index (χ2n) is 13.8. The average molecular weight is 732 g/mol. The normalized spacial score (nSPS) is 12.4. The van der Waals surface area contributed by atoms with Crippen molar-refractivity contribution in [3.05, 3.63) is 65.9 Å². The Morgan fingerprint density at radius 1 is 0.941 bits per heavy atom. The third-order valence-electron chi connectivity index (χ3n) is 6.85. The molecule has 4 rings (SSSR count). The molecule has 0 atom stereocenters. The van der Waals surface area contributed by atoms with Crippen LogP contribution < -0.4 is 15.4 Å². The van der Waals surface area contributed by atoms with Crippen molar-refractivity contribution in [1.29, 1.82) is 0 Å². The van der Waals surface area contributed by atoms with Crippen LogP contribution in [0, 0.1) is 11.6 Å². The molecule has 0 saturated carbocycles. The van der Waals surface area contributed by atoms with Gasteiger partial charge in [0.15, 0.2) is 17.5 Å². The molecule has 4 aromatic rings. The molecular weight excluding hydrogens is 683 g/mol. The molecule has 3 N–H and O–H groups in total. The van der Waals surface area contributed by atoms with Gasteiger partial charge in [-0.15, -0.1) is 0 Å². The number of fused-ring (bicyclic) bond motifs is 1. The minimum absolute atomic E-state index is 0.153. The highest BCUT2D eigenvalue weighted by atomic mass is 31.2. The summed E-state index contributed by atoms with van der Waals surface area (Å²) in [4.78, 5) is 23.8. The number of aromatic nitrogens is 4.